The Morgan fingerprint density at radius 2 is 1.88 bits per heavy atom. The Morgan fingerprint density at radius 3 is 2.58 bits per heavy atom. The highest BCUT2D eigenvalue weighted by Crippen LogP contribution is 2.29. The Labute approximate surface area is 231 Å². The monoisotopic (exact) mass is 578 g/mol. The van der Waals surface area contributed by atoms with Gasteiger partial charge in [0.1, 0.15) is 4.88 Å². The highest BCUT2D eigenvalue weighted by Gasteiger charge is 2.29. The number of alkyl halides is 3. The number of aromatic nitrogens is 5. The van der Waals surface area contributed by atoms with Crippen molar-refractivity contribution in [2.75, 3.05) is 37.4 Å². The molecule has 15 heteroatoms. The van der Waals surface area contributed by atoms with Gasteiger partial charge in [0.15, 0.2) is 17.0 Å². The normalized spacial score (nSPS) is 13.8. The molecule has 0 aliphatic carbocycles. The van der Waals surface area contributed by atoms with Crippen molar-refractivity contribution in [3.8, 4) is 0 Å². The van der Waals surface area contributed by atoms with Gasteiger partial charge in [-0.3, -0.25) is 19.4 Å². The van der Waals surface area contributed by atoms with Crippen molar-refractivity contribution >= 4 is 50.7 Å². The summed E-state index contributed by atoms with van der Waals surface area (Å²) in [5, 5.41) is 19.1. The third kappa shape index (κ3) is 6.77. The van der Waals surface area contributed by atoms with Gasteiger partial charge in [-0.25, -0.2) is 4.98 Å². The highest BCUT2D eigenvalue weighted by molar-refractivity contribution is 7.17. The molecule has 1 saturated heterocycles. The minimum absolute atomic E-state index is 0.0135. The number of halogens is 3. The maximum absolute atomic E-state index is 13.0. The molecule has 3 N–H and O–H groups in total. The van der Waals surface area contributed by atoms with Crippen LogP contribution in [0.2, 0.25) is 0 Å². The van der Waals surface area contributed by atoms with Gasteiger partial charge in [0.05, 0.1) is 30.2 Å². The molecule has 1 aliphatic heterocycles. The predicted octanol–water partition coefficient (Wildman–Crippen LogP) is 4.82. The zero-order valence-corrected chi connectivity index (χ0v) is 22.9. The molecule has 40 heavy (non-hydrogen) atoms. The van der Waals surface area contributed by atoms with Gasteiger partial charge in [-0.1, -0.05) is 17.4 Å². The number of nitrogens with one attached hydrogen (secondary N) is 3. The van der Waals surface area contributed by atoms with E-state index in [1.165, 1.54) is 17.5 Å². The number of H-pyrrole nitrogens is 1. The number of carbonyl (C=O) groups excluding carboxylic acids is 2. The summed E-state index contributed by atoms with van der Waals surface area (Å²) in [6.45, 7) is 1.95. The molecule has 5 rings (SSSR count). The van der Waals surface area contributed by atoms with E-state index in [-0.39, 0.29) is 18.4 Å². The summed E-state index contributed by atoms with van der Waals surface area (Å²) in [4.78, 5) is 32.7. The number of aryl methyl sites for hydroxylation is 2. The molecule has 0 bridgehead atoms. The summed E-state index contributed by atoms with van der Waals surface area (Å²) >= 11 is 1.22. The molecular formula is C25H29F3N8O3S. The Kier molecular flexibility index (Phi) is 9.37. The maximum atomic E-state index is 13.0. The minimum atomic E-state index is -3.67. The van der Waals surface area contributed by atoms with E-state index < -0.39 is 12.7 Å². The van der Waals surface area contributed by atoms with Crippen LogP contribution < -0.4 is 10.6 Å². The molecule has 2 amide bonds. The Bertz CT molecular complexity index is 1460. The molecule has 1 atom stereocenters. The standard InChI is InChI=1S/C24H28N8O3S.CHF3/c1-14-6-7-17-16(10-26-29-17)20(14)27-22(33)19-11-25-24(36-19)28-21-15(2)12-32(30-21)18(13-35-3)23(34)31-8-4-5-9-31;2-1(3)4/h6-7,10-12,18H,4-5,8-9,13H2,1-3H3,(H,26,29)(H,27,33)(H,25,28,30);1H. The number of aromatic amines is 1. The van der Waals surface area contributed by atoms with Crippen LogP contribution in [0.4, 0.5) is 29.8 Å². The Balaban J connectivity index is 0.000000867. The molecule has 1 aromatic carbocycles. The average Bonchev–Trinajstić information content (AvgIpc) is 3.72. The molecule has 0 spiro atoms. The van der Waals surface area contributed by atoms with Crippen LogP contribution in [0.5, 0.6) is 0 Å². The predicted molar refractivity (Wildman–Crippen MR) is 145 cm³/mol. The SMILES string of the molecule is COCC(C(=O)N1CCCC1)n1cc(C)c(Nc2ncc(C(=O)Nc3c(C)ccc4[nH]ncc34)s2)n1.FC(F)F. The molecule has 11 nitrogen and oxygen atoms in total. The summed E-state index contributed by atoms with van der Waals surface area (Å²) in [5.74, 6) is 0.334. The van der Waals surface area contributed by atoms with E-state index in [1.807, 2.05) is 37.1 Å². The second kappa shape index (κ2) is 12.9. The number of methoxy groups -OCH3 is 1. The lowest BCUT2D eigenvalue weighted by Crippen LogP contribution is -2.37. The van der Waals surface area contributed by atoms with Crippen LogP contribution in [0.3, 0.4) is 0 Å². The van der Waals surface area contributed by atoms with E-state index in [4.69, 9.17) is 4.74 Å². The van der Waals surface area contributed by atoms with Crippen LogP contribution >= 0.6 is 11.3 Å². The third-order valence-electron chi connectivity index (χ3n) is 6.29. The number of nitrogens with zero attached hydrogens (tertiary/aromatic N) is 5. The lowest BCUT2D eigenvalue weighted by molar-refractivity contribution is -0.135. The Hall–Kier alpha value is -3.98. The fraction of sp³-hybridized carbons (Fsp3) is 0.400. The van der Waals surface area contributed by atoms with Crippen molar-refractivity contribution < 1.29 is 27.5 Å². The Morgan fingerprint density at radius 1 is 1.15 bits per heavy atom. The van der Waals surface area contributed by atoms with E-state index >= 15 is 0 Å². The van der Waals surface area contributed by atoms with E-state index in [2.05, 4.69) is 30.9 Å². The number of ether oxygens (including phenoxy) is 1. The first kappa shape index (κ1) is 29.0. The van der Waals surface area contributed by atoms with Crippen LogP contribution in [-0.4, -0.2) is 75.2 Å². The maximum Gasteiger partial charge on any atom is 0.379 e. The molecule has 1 unspecified atom stereocenters. The number of thiazole rings is 1. The van der Waals surface area contributed by atoms with Gasteiger partial charge in [-0.05, 0) is 38.3 Å². The van der Waals surface area contributed by atoms with Crippen LogP contribution in [0.15, 0.2) is 30.7 Å². The van der Waals surface area contributed by atoms with Crippen molar-refractivity contribution in [1.82, 2.24) is 29.9 Å². The third-order valence-corrected chi connectivity index (χ3v) is 7.20. The molecular weight excluding hydrogens is 549 g/mol. The van der Waals surface area contributed by atoms with Crippen molar-refractivity contribution in [2.45, 2.75) is 39.4 Å². The second-order valence-electron chi connectivity index (χ2n) is 9.09. The molecule has 1 fully saturated rings. The summed E-state index contributed by atoms with van der Waals surface area (Å²) in [6, 6.07) is 3.33. The fourth-order valence-corrected chi connectivity index (χ4v) is 5.05. The van der Waals surface area contributed by atoms with Gasteiger partial charge < -0.3 is 20.3 Å². The summed E-state index contributed by atoms with van der Waals surface area (Å²) in [5.41, 5.74) is 3.36. The highest BCUT2D eigenvalue weighted by atomic mass is 32.1. The molecule has 4 aromatic rings. The number of anilines is 3. The average molecular weight is 579 g/mol. The van der Waals surface area contributed by atoms with E-state index in [9.17, 15) is 22.8 Å². The van der Waals surface area contributed by atoms with Crippen LogP contribution in [0.1, 0.15) is 39.7 Å². The largest absolute Gasteiger partial charge is 0.382 e. The topological polar surface area (TPSA) is 130 Å². The first-order valence-corrected chi connectivity index (χ1v) is 13.2. The fourth-order valence-electron chi connectivity index (χ4n) is 4.34. The molecule has 214 valence electrons. The first-order chi connectivity index (χ1) is 19.2. The van der Waals surface area contributed by atoms with Crippen molar-refractivity contribution in [1.29, 1.82) is 0 Å². The lowest BCUT2D eigenvalue weighted by Gasteiger charge is -2.22. The van der Waals surface area contributed by atoms with Gasteiger partial charge in [0.25, 0.3) is 5.91 Å². The van der Waals surface area contributed by atoms with Crippen LogP contribution in [-0.2, 0) is 9.53 Å². The van der Waals surface area contributed by atoms with Crippen LogP contribution in [0, 0.1) is 13.8 Å². The van der Waals surface area contributed by atoms with E-state index in [0.29, 0.717) is 15.8 Å². The van der Waals surface area contributed by atoms with E-state index in [1.54, 1.807) is 18.0 Å². The molecule has 1 aliphatic rings. The van der Waals surface area contributed by atoms with Crippen molar-refractivity contribution in [3.05, 3.63) is 46.7 Å². The number of amides is 2. The van der Waals surface area contributed by atoms with Crippen LogP contribution in [0.25, 0.3) is 10.9 Å². The summed E-state index contributed by atoms with van der Waals surface area (Å²) < 4.78 is 36.0. The lowest BCUT2D eigenvalue weighted by atomic mass is 10.1. The van der Waals surface area contributed by atoms with Gasteiger partial charge >= 0.3 is 6.68 Å². The number of benzene rings is 1. The number of fused-ring (bicyclic) bond motifs is 1. The zero-order chi connectivity index (χ0) is 28.8. The number of carbonyl (C=O) groups is 2. The summed E-state index contributed by atoms with van der Waals surface area (Å²) in [7, 11) is 1.58. The summed E-state index contributed by atoms with van der Waals surface area (Å²) in [6.07, 6.45) is 7.10. The quantitative estimate of drug-likeness (QED) is 0.273. The molecule has 4 heterocycles. The molecule has 3 aromatic heterocycles. The first-order valence-electron chi connectivity index (χ1n) is 12.4. The zero-order valence-electron chi connectivity index (χ0n) is 22.1. The van der Waals surface area contributed by atoms with Gasteiger partial charge in [-0.15, -0.1) is 0 Å². The number of likely N-dealkylation sites (tertiary alicyclic amines) is 1. The minimum Gasteiger partial charge on any atom is -0.382 e. The molecule has 0 radical (unpaired) electrons. The van der Waals surface area contributed by atoms with Crippen molar-refractivity contribution in [3.63, 3.8) is 0 Å². The van der Waals surface area contributed by atoms with Crippen molar-refractivity contribution in [2.24, 2.45) is 0 Å². The van der Waals surface area contributed by atoms with Gasteiger partial charge in [-0.2, -0.15) is 23.4 Å². The number of hydrogen-bond donors (Lipinski definition) is 3. The molecule has 0 saturated carbocycles. The number of hydrogen-bond acceptors (Lipinski definition) is 8. The van der Waals surface area contributed by atoms with Gasteiger partial charge in [0.2, 0.25) is 5.91 Å². The smallest absolute Gasteiger partial charge is 0.379 e. The number of rotatable bonds is 8. The van der Waals surface area contributed by atoms with E-state index in [0.717, 1.165) is 53.6 Å². The second-order valence-corrected chi connectivity index (χ2v) is 10.1. The van der Waals surface area contributed by atoms with Gasteiger partial charge in [0, 0.05) is 37.3 Å².